The summed E-state index contributed by atoms with van der Waals surface area (Å²) >= 11 is 0. The monoisotopic (exact) mass is 421 g/mol. The first kappa shape index (κ1) is 24.0. The van der Waals surface area contributed by atoms with Gasteiger partial charge in [-0.3, -0.25) is 4.79 Å². The first-order valence-electron chi connectivity index (χ1n) is 9.28. The van der Waals surface area contributed by atoms with Crippen LogP contribution in [0.2, 0.25) is 0 Å². The Hall–Kier alpha value is -1.08. The van der Waals surface area contributed by atoms with Crippen molar-refractivity contribution in [3.05, 3.63) is 29.6 Å². The Bertz CT molecular complexity index is 607. The van der Waals surface area contributed by atoms with Crippen molar-refractivity contribution >= 4 is 36.4 Å². The van der Waals surface area contributed by atoms with Crippen LogP contribution < -0.4 is 15.5 Å². The minimum absolute atomic E-state index is 0. The molecule has 1 aromatic carbocycles. The Balaban J connectivity index is 0.00000182. The topological polar surface area (TPSA) is 64.6 Å². The van der Waals surface area contributed by atoms with Crippen LogP contribution in [0.15, 0.2) is 18.2 Å². The molecular weight excluding hydrogens is 392 g/mol. The number of amides is 1. The van der Waals surface area contributed by atoms with Crippen LogP contribution in [0.5, 0.6) is 0 Å². The van der Waals surface area contributed by atoms with E-state index < -0.39 is 0 Å². The van der Waals surface area contributed by atoms with E-state index in [0.29, 0.717) is 12.8 Å². The third-order valence-corrected chi connectivity index (χ3v) is 5.33. The number of aliphatic hydroxyl groups is 1. The van der Waals surface area contributed by atoms with Gasteiger partial charge in [-0.25, -0.2) is 4.39 Å². The lowest BCUT2D eigenvalue weighted by atomic mass is 9.96. The van der Waals surface area contributed by atoms with Crippen LogP contribution in [-0.2, 0) is 4.79 Å². The minimum atomic E-state index is -0.293. The molecule has 3 rings (SSSR count). The highest BCUT2D eigenvalue weighted by Gasteiger charge is 2.25. The smallest absolute Gasteiger partial charge is 0.223 e. The molecule has 3 N–H and O–H groups in total. The predicted octanol–water partition coefficient (Wildman–Crippen LogP) is 2.81. The quantitative estimate of drug-likeness (QED) is 0.699. The van der Waals surface area contributed by atoms with Crippen LogP contribution in [0.1, 0.15) is 44.2 Å². The van der Waals surface area contributed by atoms with E-state index in [9.17, 15) is 14.3 Å². The minimum Gasteiger partial charge on any atom is -0.393 e. The van der Waals surface area contributed by atoms with Crippen molar-refractivity contribution in [1.82, 2.24) is 10.6 Å². The first-order chi connectivity index (χ1) is 12.0. The molecule has 5 nitrogen and oxygen atoms in total. The second-order valence-electron chi connectivity index (χ2n) is 7.18. The molecule has 1 atom stereocenters. The van der Waals surface area contributed by atoms with Crippen LogP contribution in [0, 0.1) is 11.7 Å². The van der Waals surface area contributed by atoms with E-state index in [4.69, 9.17) is 0 Å². The Morgan fingerprint density at radius 1 is 1.22 bits per heavy atom. The zero-order valence-corrected chi connectivity index (χ0v) is 17.3. The number of carbonyl (C=O) groups excluding carboxylic acids is 1. The van der Waals surface area contributed by atoms with E-state index in [-0.39, 0.29) is 54.6 Å². The molecule has 154 valence electrons. The maximum absolute atomic E-state index is 13.8. The molecule has 0 aromatic heterocycles. The molecule has 2 aliphatic heterocycles. The second kappa shape index (κ2) is 11.1. The Morgan fingerprint density at radius 3 is 2.48 bits per heavy atom. The number of benzene rings is 1. The molecule has 0 spiro atoms. The number of aliphatic hydroxyl groups excluding tert-OH is 1. The van der Waals surface area contributed by atoms with Gasteiger partial charge in [-0.05, 0) is 63.9 Å². The number of nitrogens with zero attached hydrogens (tertiary/aromatic N) is 1. The summed E-state index contributed by atoms with van der Waals surface area (Å²) in [6.07, 6.45) is 2.87. The van der Waals surface area contributed by atoms with Crippen LogP contribution in [0.3, 0.4) is 0 Å². The third kappa shape index (κ3) is 6.21. The molecule has 27 heavy (non-hydrogen) atoms. The van der Waals surface area contributed by atoms with Gasteiger partial charge in [0.05, 0.1) is 12.1 Å². The lowest BCUT2D eigenvalue weighted by molar-refractivity contribution is -0.126. The van der Waals surface area contributed by atoms with Crippen molar-refractivity contribution in [2.24, 2.45) is 5.92 Å². The van der Waals surface area contributed by atoms with Gasteiger partial charge in [-0.15, -0.1) is 24.8 Å². The Labute approximate surface area is 172 Å². The van der Waals surface area contributed by atoms with Crippen LogP contribution >= 0.6 is 24.8 Å². The number of rotatable bonds is 4. The molecule has 2 aliphatic rings. The van der Waals surface area contributed by atoms with Gasteiger partial charge in [0.2, 0.25) is 5.91 Å². The van der Waals surface area contributed by atoms with E-state index in [1.54, 1.807) is 6.07 Å². The van der Waals surface area contributed by atoms with Gasteiger partial charge >= 0.3 is 0 Å². The molecule has 0 aliphatic carbocycles. The summed E-state index contributed by atoms with van der Waals surface area (Å²) in [5.41, 5.74) is 1.75. The van der Waals surface area contributed by atoms with E-state index in [2.05, 4.69) is 15.5 Å². The van der Waals surface area contributed by atoms with Gasteiger partial charge in [0, 0.05) is 30.3 Å². The zero-order chi connectivity index (χ0) is 17.8. The van der Waals surface area contributed by atoms with Crippen LogP contribution in [0.25, 0.3) is 0 Å². The van der Waals surface area contributed by atoms with E-state index in [1.165, 1.54) is 12.1 Å². The molecule has 2 heterocycles. The first-order valence-corrected chi connectivity index (χ1v) is 9.28. The lowest BCUT2D eigenvalue weighted by Crippen LogP contribution is -2.40. The number of piperidine rings is 2. The number of hydrogen-bond acceptors (Lipinski definition) is 4. The molecule has 0 radical (unpaired) electrons. The van der Waals surface area contributed by atoms with Gasteiger partial charge in [-0.1, -0.05) is 0 Å². The molecular formula is C19H30Cl2FN3O2. The Morgan fingerprint density at radius 2 is 1.85 bits per heavy atom. The van der Waals surface area contributed by atoms with Gasteiger partial charge in [-0.2, -0.15) is 0 Å². The van der Waals surface area contributed by atoms with Crippen LogP contribution in [-0.4, -0.2) is 43.3 Å². The average Bonchev–Trinajstić information content (AvgIpc) is 2.63. The highest BCUT2D eigenvalue weighted by molar-refractivity contribution is 5.85. The van der Waals surface area contributed by atoms with Crippen molar-refractivity contribution in [3.63, 3.8) is 0 Å². The molecule has 8 heteroatoms. The maximum atomic E-state index is 13.8. The predicted molar refractivity (Wildman–Crippen MR) is 111 cm³/mol. The SMILES string of the molecule is CC(NC(=O)C1CCNCC1)c1cc(F)ccc1N1CCC(O)CC1.Cl.Cl. The van der Waals surface area contributed by atoms with Crippen molar-refractivity contribution in [2.75, 3.05) is 31.1 Å². The summed E-state index contributed by atoms with van der Waals surface area (Å²) in [4.78, 5) is 14.7. The fraction of sp³-hybridized carbons (Fsp3) is 0.632. The van der Waals surface area contributed by atoms with Gasteiger partial charge in [0.25, 0.3) is 0 Å². The summed E-state index contributed by atoms with van der Waals surface area (Å²) in [5, 5.41) is 16.0. The fourth-order valence-corrected chi connectivity index (χ4v) is 3.76. The molecule has 0 bridgehead atoms. The third-order valence-electron chi connectivity index (χ3n) is 5.33. The van der Waals surface area contributed by atoms with E-state index in [0.717, 1.165) is 50.3 Å². The highest BCUT2D eigenvalue weighted by atomic mass is 35.5. The van der Waals surface area contributed by atoms with E-state index >= 15 is 0 Å². The largest absolute Gasteiger partial charge is 0.393 e. The summed E-state index contributed by atoms with van der Waals surface area (Å²) in [7, 11) is 0. The van der Waals surface area contributed by atoms with Crippen molar-refractivity contribution in [2.45, 2.75) is 44.8 Å². The fourth-order valence-electron chi connectivity index (χ4n) is 3.76. The molecule has 1 aromatic rings. The zero-order valence-electron chi connectivity index (χ0n) is 15.6. The maximum Gasteiger partial charge on any atom is 0.223 e. The number of halogens is 3. The standard InChI is InChI=1S/C19H28FN3O2.2ClH/c1-13(22-19(25)14-4-8-21-9-5-14)17-12-15(20)2-3-18(17)23-10-6-16(24)7-11-23;;/h2-3,12-14,16,21,24H,4-11H2,1H3,(H,22,25);2*1H. The van der Waals surface area contributed by atoms with Crippen LogP contribution in [0.4, 0.5) is 10.1 Å². The summed E-state index contributed by atoms with van der Waals surface area (Å²) in [6, 6.07) is 4.52. The molecule has 0 saturated carbocycles. The molecule has 1 amide bonds. The molecule has 1 unspecified atom stereocenters. The Kier molecular flexibility index (Phi) is 9.81. The number of nitrogens with one attached hydrogen (secondary N) is 2. The van der Waals surface area contributed by atoms with Gasteiger partial charge in [0.1, 0.15) is 5.82 Å². The normalized spacial score (nSPS) is 19.6. The van der Waals surface area contributed by atoms with Crippen molar-refractivity contribution in [1.29, 1.82) is 0 Å². The number of hydrogen-bond donors (Lipinski definition) is 3. The molecule has 2 saturated heterocycles. The number of carbonyl (C=O) groups is 1. The second-order valence-corrected chi connectivity index (χ2v) is 7.18. The van der Waals surface area contributed by atoms with Gasteiger partial charge < -0.3 is 20.6 Å². The highest BCUT2D eigenvalue weighted by Crippen LogP contribution is 2.30. The number of anilines is 1. The van der Waals surface area contributed by atoms with Gasteiger partial charge in [0.15, 0.2) is 0 Å². The lowest BCUT2D eigenvalue weighted by Gasteiger charge is -2.34. The summed E-state index contributed by atoms with van der Waals surface area (Å²) in [5.74, 6) is -0.206. The average molecular weight is 422 g/mol. The molecule has 2 fully saturated rings. The van der Waals surface area contributed by atoms with Crippen molar-refractivity contribution in [3.8, 4) is 0 Å². The summed E-state index contributed by atoms with van der Waals surface area (Å²) in [6.45, 7) is 5.14. The van der Waals surface area contributed by atoms with E-state index in [1.807, 2.05) is 6.92 Å². The summed E-state index contributed by atoms with van der Waals surface area (Å²) < 4.78 is 13.8. The van der Waals surface area contributed by atoms with Crippen molar-refractivity contribution < 1.29 is 14.3 Å².